The predicted octanol–water partition coefficient (Wildman–Crippen LogP) is 3.78. The summed E-state index contributed by atoms with van der Waals surface area (Å²) in [5, 5.41) is 0. The predicted molar refractivity (Wildman–Crippen MR) is 70.4 cm³/mol. The van der Waals surface area contributed by atoms with Crippen molar-refractivity contribution in [1.82, 2.24) is 0 Å². The second-order valence-electron chi connectivity index (χ2n) is 4.35. The van der Waals surface area contributed by atoms with Gasteiger partial charge in [-0.3, -0.25) is 0 Å². The molecule has 112 valence electrons. The third-order valence-electron chi connectivity index (χ3n) is 2.67. The van der Waals surface area contributed by atoms with Gasteiger partial charge in [0, 0.05) is 0 Å². The molecule has 0 bridgehead atoms. The summed E-state index contributed by atoms with van der Waals surface area (Å²) in [5.74, 6) is -0.744. The Labute approximate surface area is 120 Å². The lowest BCUT2D eigenvalue weighted by molar-refractivity contribution is -0.138. The molecule has 0 amide bonds. The van der Waals surface area contributed by atoms with Gasteiger partial charge in [-0.15, -0.1) is 0 Å². The topological polar surface area (TPSA) is 43.4 Å². The lowest BCUT2D eigenvalue weighted by Gasteiger charge is -2.13. The molecule has 0 radical (unpaired) electrons. The molecule has 0 spiro atoms. The Kier molecular flexibility index (Phi) is 3.95. The largest absolute Gasteiger partial charge is 0.420 e. The summed E-state index contributed by atoms with van der Waals surface area (Å²) in [6.07, 6.45) is -4.70. The second-order valence-corrected chi connectivity index (χ2v) is 5.89. The van der Waals surface area contributed by atoms with E-state index < -0.39 is 27.6 Å². The van der Waals surface area contributed by atoms with E-state index in [0.29, 0.717) is 5.56 Å². The van der Waals surface area contributed by atoms with Gasteiger partial charge in [0.15, 0.2) is 5.75 Å². The zero-order valence-electron chi connectivity index (χ0n) is 10.9. The monoisotopic (exact) mass is 316 g/mol. The summed E-state index contributed by atoms with van der Waals surface area (Å²) >= 11 is 0. The molecule has 0 atom stereocenters. The van der Waals surface area contributed by atoms with Crippen LogP contribution >= 0.6 is 0 Å². The number of hydrogen-bond acceptors (Lipinski definition) is 3. The molecule has 0 aliphatic heterocycles. The lowest BCUT2D eigenvalue weighted by atomic mass is 10.2. The lowest BCUT2D eigenvalue weighted by Crippen LogP contribution is -2.14. The Morgan fingerprint density at radius 3 is 2.29 bits per heavy atom. The minimum absolute atomic E-state index is 0.195. The molecule has 0 unspecified atom stereocenters. The third-order valence-corrected chi connectivity index (χ3v) is 3.90. The van der Waals surface area contributed by atoms with Crippen molar-refractivity contribution >= 4 is 10.1 Å². The first-order chi connectivity index (χ1) is 9.70. The first-order valence-electron chi connectivity index (χ1n) is 5.87. The number of halogens is 3. The maximum Gasteiger partial charge on any atom is 0.420 e. The fourth-order valence-electron chi connectivity index (χ4n) is 1.71. The van der Waals surface area contributed by atoms with Crippen molar-refractivity contribution in [2.24, 2.45) is 0 Å². The fraction of sp³-hybridized carbons (Fsp3) is 0.143. The maximum absolute atomic E-state index is 12.8. The van der Waals surface area contributed by atoms with Crippen LogP contribution in [0.1, 0.15) is 11.1 Å². The van der Waals surface area contributed by atoms with E-state index in [1.807, 2.05) is 0 Å². The molecular formula is C14H11F3O3S. The first-order valence-corrected chi connectivity index (χ1v) is 7.28. The molecule has 3 nitrogen and oxygen atoms in total. The smallest absolute Gasteiger partial charge is 0.378 e. The van der Waals surface area contributed by atoms with E-state index in [1.165, 1.54) is 24.3 Å². The number of aryl methyl sites for hydroxylation is 1. The van der Waals surface area contributed by atoms with Gasteiger partial charge < -0.3 is 4.18 Å². The minimum Gasteiger partial charge on any atom is -0.378 e. The summed E-state index contributed by atoms with van der Waals surface area (Å²) in [5.41, 5.74) is -0.481. The average molecular weight is 316 g/mol. The highest BCUT2D eigenvalue weighted by atomic mass is 32.2. The van der Waals surface area contributed by atoms with Gasteiger partial charge in [0.25, 0.3) is 0 Å². The number of hydrogen-bond donors (Lipinski definition) is 0. The van der Waals surface area contributed by atoms with Crippen molar-refractivity contribution in [2.75, 3.05) is 0 Å². The Hall–Kier alpha value is -2.02. The van der Waals surface area contributed by atoms with E-state index in [0.717, 1.165) is 18.2 Å². The van der Waals surface area contributed by atoms with E-state index in [1.54, 1.807) is 13.0 Å². The molecule has 0 saturated carbocycles. The molecule has 0 aliphatic rings. The van der Waals surface area contributed by atoms with Crippen LogP contribution in [0.4, 0.5) is 13.2 Å². The van der Waals surface area contributed by atoms with Crippen LogP contribution in [-0.2, 0) is 16.3 Å². The van der Waals surface area contributed by atoms with Crippen molar-refractivity contribution in [3.63, 3.8) is 0 Å². The highest BCUT2D eigenvalue weighted by molar-refractivity contribution is 7.87. The normalized spacial score (nSPS) is 12.2. The highest BCUT2D eigenvalue weighted by Gasteiger charge is 2.35. The molecule has 0 fully saturated rings. The number of rotatable bonds is 3. The van der Waals surface area contributed by atoms with E-state index in [4.69, 9.17) is 0 Å². The van der Waals surface area contributed by atoms with Crippen molar-refractivity contribution in [3.05, 3.63) is 59.7 Å². The van der Waals surface area contributed by atoms with Gasteiger partial charge in [0.1, 0.15) is 4.90 Å². The molecule has 0 aliphatic carbocycles. The zero-order valence-corrected chi connectivity index (χ0v) is 11.7. The van der Waals surface area contributed by atoms with Crippen molar-refractivity contribution in [2.45, 2.75) is 18.0 Å². The second kappa shape index (κ2) is 5.40. The van der Waals surface area contributed by atoms with Crippen LogP contribution in [0.2, 0.25) is 0 Å². The summed E-state index contributed by atoms with van der Waals surface area (Å²) in [4.78, 5) is -0.195. The third kappa shape index (κ3) is 3.55. The molecule has 0 heterocycles. The number of benzene rings is 2. The first kappa shape index (κ1) is 15.4. The van der Waals surface area contributed by atoms with Gasteiger partial charge in [-0.25, -0.2) is 0 Å². The number of para-hydroxylation sites is 1. The average Bonchev–Trinajstić information content (AvgIpc) is 2.37. The van der Waals surface area contributed by atoms with Crippen LogP contribution in [0.25, 0.3) is 0 Å². The number of alkyl halides is 3. The minimum atomic E-state index is -4.70. The summed E-state index contributed by atoms with van der Waals surface area (Å²) in [6, 6.07) is 9.91. The Morgan fingerprint density at radius 2 is 1.67 bits per heavy atom. The maximum atomic E-state index is 12.8. The van der Waals surface area contributed by atoms with Crippen LogP contribution in [0.5, 0.6) is 5.75 Å². The van der Waals surface area contributed by atoms with E-state index >= 15 is 0 Å². The van der Waals surface area contributed by atoms with Gasteiger partial charge >= 0.3 is 16.3 Å². The SMILES string of the molecule is Cc1cccc(S(=O)(=O)Oc2ccccc2C(F)(F)F)c1. The summed E-state index contributed by atoms with van der Waals surface area (Å²) in [6.45, 7) is 1.67. The van der Waals surface area contributed by atoms with Crippen LogP contribution < -0.4 is 4.18 Å². The molecule has 2 rings (SSSR count). The van der Waals surface area contributed by atoms with E-state index in [-0.39, 0.29) is 4.90 Å². The van der Waals surface area contributed by atoms with Crippen molar-refractivity contribution in [1.29, 1.82) is 0 Å². The van der Waals surface area contributed by atoms with Gasteiger partial charge in [0.05, 0.1) is 5.56 Å². The molecule has 2 aromatic carbocycles. The Balaban J connectivity index is 2.43. The van der Waals surface area contributed by atoms with E-state index in [9.17, 15) is 21.6 Å². The van der Waals surface area contributed by atoms with Crippen LogP contribution in [0.3, 0.4) is 0 Å². The molecule has 0 saturated heterocycles. The Bertz CT molecular complexity index is 752. The van der Waals surface area contributed by atoms with Gasteiger partial charge in [-0.1, -0.05) is 24.3 Å². The van der Waals surface area contributed by atoms with Gasteiger partial charge in [0.2, 0.25) is 0 Å². The van der Waals surface area contributed by atoms with Crippen molar-refractivity contribution in [3.8, 4) is 5.75 Å². The fourth-order valence-corrected chi connectivity index (χ4v) is 2.76. The van der Waals surface area contributed by atoms with Crippen LogP contribution in [0, 0.1) is 6.92 Å². The van der Waals surface area contributed by atoms with E-state index in [2.05, 4.69) is 4.18 Å². The molecule has 7 heteroatoms. The molecule has 2 aromatic rings. The quantitative estimate of drug-likeness (QED) is 0.809. The highest BCUT2D eigenvalue weighted by Crippen LogP contribution is 2.37. The summed E-state index contributed by atoms with van der Waals surface area (Å²) < 4.78 is 67.2. The van der Waals surface area contributed by atoms with Gasteiger partial charge in [-0.05, 0) is 36.8 Å². The Morgan fingerprint density at radius 1 is 1.00 bits per heavy atom. The summed E-state index contributed by atoms with van der Waals surface area (Å²) in [7, 11) is -4.32. The van der Waals surface area contributed by atoms with Crippen molar-refractivity contribution < 1.29 is 25.8 Å². The zero-order chi connectivity index (χ0) is 15.7. The van der Waals surface area contributed by atoms with Gasteiger partial charge in [-0.2, -0.15) is 21.6 Å². The van der Waals surface area contributed by atoms with Crippen LogP contribution in [-0.4, -0.2) is 8.42 Å². The standard InChI is InChI=1S/C14H11F3O3S/c1-10-5-4-6-11(9-10)21(18,19)20-13-8-3-2-7-12(13)14(15,16)17/h2-9H,1H3. The molecular weight excluding hydrogens is 305 g/mol. The molecule has 21 heavy (non-hydrogen) atoms. The molecule has 0 aromatic heterocycles. The molecule has 0 N–H and O–H groups in total. The van der Waals surface area contributed by atoms with Crippen LogP contribution in [0.15, 0.2) is 53.4 Å².